The van der Waals surface area contributed by atoms with E-state index in [1.165, 1.54) is 0 Å². The number of hydrogen-bond donors (Lipinski definition) is 1. The van der Waals surface area contributed by atoms with E-state index in [0.29, 0.717) is 5.56 Å². The molecule has 3 aromatic rings. The predicted octanol–water partition coefficient (Wildman–Crippen LogP) is 3.01. The second kappa shape index (κ2) is 10.7. The van der Waals surface area contributed by atoms with Crippen LogP contribution >= 0.6 is 0 Å². The number of ether oxygens (including phenoxy) is 4. The van der Waals surface area contributed by atoms with Gasteiger partial charge in [-0.3, -0.25) is 0 Å². The standard InChI is InChI=1S/C26H22O8/c27-23(17-10-4-1-5-11-17)31-16-20-21(33-24(28)18-12-6-2-7-13-18)22(26(30)32-20)34-25(29)19-14-8-3-9-15-19/h1-15,20-22,26,30H,16H2/t20?,21-,22?,26?/m0/s1. The fourth-order valence-electron chi connectivity index (χ4n) is 3.46. The van der Waals surface area contributed by atoms with Crippen molar-refractivity contribution in [2.75, 3.05) is 6.61 Å². The zero-order valence-electron chi connectivity index (χ0n) is 18.0. The van der Waals surface area contributed by atoms with Gasteiger partial charge in [0.2, 0.25) is 0 Å². The number of carbonyl (C=O) groups is 3. The van der Waals surface area contributed by atoms with Gasteiger partial charge in [0.15, 0.2) is 18.5 Å². The van der Waals surface area contributed by atoms with Crippen LogP contribution in [0.3, 0.4) is 0 Å². The lowest BCUT2D eigenvalue weighted by molar-refractivity contribution is -0.135. The summed E-state index contributed by atoms with van der Waals surface area (Å²) in [5, 5.41) is 10.5. The summed E-state index contributed by atoms with van der Waals surface area (Å²) < 4.78 is 21.8. The minimum absolute atomic E-state index is 0.252. The molecule has 34 heavy (non-hydrogen) atoms. The van der Waals surface area contributed by atoms with Gasteiger partial charge >= 0.3 is 17.9 Å². The normalized spacial score (nSPS) is 21.4. The van der Waals surface area contributed by atoms with Crippen LogP contribution in [0.5, 0.6) is 0 Å². The van der Waals surface area contributed by atoms with Gasteiger partial charge in [-0.05, 0) is 36.4 Å². The average molecular weight is 462 g/mol. The molecule has 0 amide bonds. The number of aliphatic hydroxyl groups excluding tert-OH is 1. The average Bonchev–Trinajstić information content (AvgIpc) is 3.17. The summed E-state index contributed by atoms with van der Waals surface area (Å²) in [5.41, 5.74) is 0.838. The van der Waals surface area contributed by atoms with Crippen molar-refractivity contribution in [3.63, 3.8) is 0 Å². The van der Waals surface area contributed by atoms with E-state index < -0.39 is 42.5 Å². The molecule has 0 aromatic heterocycles. The molecule has 8 heteroatoms. The van der Waals surface area contributed by atoms with E-state index in [4.69, 9.17) is 18.9 Å². The van der Waals surface area contributed by atoms with Crippen LogP contribution in [0.1, 0.15) is 31.1 Å². The maximum atomic E-state index is 12.7. The fraction of sp³-hybridized carbons (Fsp3) is 0.192. The van der Waals surface area contributed by atoms with Gasteiger partial charge in [0.05, 0.1) is 16.7 Å². The maximum absolute atomic E-state index is 12.7. The SMILES string of the molecule is O=C(OCC1OC(O)C(OC(=O)c2ccccc2)[C@H]1OC(=O)c1ccccc1)c1ccccc1. The van der Waals surface area contributed by atoms with Gasteiger partial charge in [0, 0.05) is 0 Å². The summed E-state index contributed by atoms with van der Waals surface area (Å²) >= 11 is 0. The van der Waals surface area contributed by atoms with Crippen LogP contribution < -0.4 is 0 Å². The molecule has 1 aliphatic heterocycles. The summed E-state index contributed by atoms with van der Waals surface area (Å²) in [5.74, 6) is -2.05. The molecule has 1 saturated heterocycles. The minimum atomic E-state index is -1.60. The third-order valence-corrected chi connectivity index (χ3v) is 5.18. The molecule has 1 aliphatic rings. The lowest BCUT2D eigenvalue weighted by atomic mass is 10.1. The summed E-state index contributed by atoms with van der Waals surface area (Å²) in [6.07, 6.45) is -5.22. The topological polar surface area (TPSA) is 108 Å². The van der Waals surface area contributed by atoms with E-state index in [2.05, 4.69) is 0 Å². The molecule has 174 valence electrons. The van der Waals surface area contributed by atoms with Gasteiger partial charge in [-0.15, -0.1) is 0 Å². The molecular weight excluding hydrogens is 440 g/mol. The molecule has 0 radical (unpaired) electrons. The Bertz CT molecular complexity index is 1120. The third kappa shape index (κ3) is 5.48. The predicted molar refractivity (Wildman–Crippen MR) is 119 cm³/mol. The van der Waals surface area contributed by atoms with Crippen molar-refractivity contribution in [2.24, 2.45) is 0 Å². The number of esters is 3. The van der Waals surface area contributed by atoms with Crippen molar-refractivity contribution in [1.82, 2.24) is 0 Å². The highest BCUT2D eigenvalue weighted by Crippen LogP contribution is 2.28. The van der Waals surface area contributed by atoms with Crippen LogP contribution in [0, 0.1) is 0 Å². The van der Waals surface area contributed by atoms with Crippen LogP contribution in [0.4, 0.5) is 0 Å². The van der Waals surface area contributed by atoms with Crippen molar-refractivity contribution in [3.8, 4) is 0 Å². The molecule has 1 N–H and O–H groups in total. The number of benzene rings is 3. The Balaban J connectivity index is 1.51. The monoisotopic (exact) mass is 462 g/mol. The Morgan fingerprint density at radius 1 is 0.647 bits per heavy atom. The molecule has 8 nitrogen and oxygen atoms in total. The molecule has 0 spiro atoms. The Kier molecular flexibility index (Phi) is 7.31. The highest BCUT2D eigenvalue weighted by atomic mass is 16.7. The number of hydrogen-bond acceptors (Lipinski definition) is 8. The first-order valence-corrected chi connectivity index (χ1v) is 10.6. The first-order chi connectivity index (χ1) is 16.5. The van der Waals surface area contributed by atoms with E-state index in [1.54, 1.807) is 91.0 Å². The highest BCUT2D eigenvalue weighted by molar-refractivity contribution is 5.90. The molecule has 3 aromatic carbocycles. The quantitative estimate of drug-likeness (QED) is 0.422. The van der Waals surface area contributed by atoms with Crippen molar-refractivity contribution < 1.29 is 38.4 Å². The van der Waals surface area contributed by atoms with E-state index in [0.717, 1.165) is 0 Å². The lowest BCUT2D eigenvalue weighted by Gasteiger charge is -2.23. The molecule has 1 heterocycles. The lowest BCUT2D eigenvalue weighted by Crippen LogP contribution is -2.42. The molecule has 3 unspecified atom stereocenters. The van der Waals surface area contributed by atoms with Crippen LogP contribution in [-0.4, -0.2) is 54.2 Å². The Hall–Kier alpha value is -4.01. The smallest absolute Gasteiger partial charge is 0.338 e. The largest absolute Gasteiger partial charge is 0.459 e. The van der Waals surface area contributed by atoms with Crippen molar-refractivity contribution in [3.05, 3.63) is 108 Å². The minimum Gasteiger partial charge on any atom is -0.459 e. The Morgan fingerprint density at radius 2 is 1.06 bits per heavy atom. The van der Waals surface area contributed by atoms with Gasteiger partial charge in [-0.1, -0.05) is 54.6 Å². The molecule has 0 aliphatic carbocycles. The van der Waals surface area contributed by atoms with Crippen LogP contribution in [0.25, 0.3) is 0 Å². The third-order valence-electron chi connectivity index (χ3n) is 5.18. The van der Waals surface area contributed by atoms with Gasteiger partial charge in [-0.25, -0.2) is 14.4 Å². The van der Waals surface area contributed by atoms with E-state index >= 15 is 0 Å². The summed E-state index contributed by atoms with van der Waals surface area (Å²) in [4.78, 5) is 37.6. The van der Waals surface area contributed by atoms with Gasteiger partial charge < -0.3 is 24.1 Å². The Morgan fingerprint density at radius 3 is 1.53 bits per heavy atom. The zero-order chi connectivity index (χ0) is 23.9. The maximum Gasteiger partial charge on any atom is 0.338 e. The van der Waals surface area contributed by atoms with Crippen molar-refractivity contribution in [1.29, 1.82) is 0 Å². The van der Waals surface area contributed by atoms with Gasteiger partial charge in [-0.2, -0.15) is 0 Å². The van der Waals surface area contributed by atoms with Crippen molar-refractivity contribution >= 4 is 17.9 Å². The van der Waals surface area contributed by atoms with E-state index in [9.17, 15) is 19.5 Å². The first kappa shape index (κ1) is 23.2. The Labute approximate surface area is 195 Å². The molecule has 0 bridgehead atoms. The number of aliphatic hydroxyl groups is 1. The van der Waals surface area contributed by atoms with E-state index in [1.807, 2.05) is 0 Å². The summed E-state index contributed by atoms with van der Waals surface area (Å²) in [6.45, 7) is -0.336. The highest BCUT2D eigenvalue weighted by Gasteiger charge is 2.50. The van der Waals surface area contributed by atoms with Crippen molar-refractivity contribution in [2.45, 2.75) is 24.6 Å². The zero-order valence-corrected chi connectivity index (χ0v) is 18.0. The second-order valence-electron chi connectivity index (χ2n) is 7.50. The summed E-state index contributed by atoms with van der Waals surface area (Å²) in [6, 6.07) is 24.7. The molecule has 4 rings (SSSR count). The van der Waals surface area contributed by atoms with Crippen LogP contribution in [0.2, 0.25) is 0 Å². The van der Waals surface area contributed by atoms with Gasteiger partial charge in [0.25, 0.3) is 0 Å². The molecule has 1 fully saturated rings. The molecule has 0 saturated carbocycles. The molecule has 4 atom stereocenters. The van der Waals surface area contributed by atoms with Crippen LogP contribution in [-0.2, 0) is 18.9 Å². The number of carbonyl (C=O) groups excluding carboxylic acids is 3. The fourth-order valence-corrected chi connectivity index (χ4v) is 3.46. The van der Waals surface area contributed by atoms with E-state index in [-0.39, 0.29) is 17.7 Å². The van der Waals surface area contributed by atoms with Gasteiger partial charge in [0.1, 0.15) is 12.7 Å². The molecular formula is C26H22O8. The van der Waals surface area contributed by atoms with Crippen LogP contribution in [0.15, 0.2) is 91.0 Å². The first-order valence-electron chi connectivity index (χ1n) is 10.6. The number of rotatable bonds is 7. The second-order valence-corrected chi connectivity index (χ2v) is 7.50. The summed E-state index contributed by atoms with van der Waals surface area (Å²) in [7, 11) is 0.